The summed E-state index contributed by atoms with van der Waals surface area (Å²) in [6, 6.07) is 12.0. The highest BCUT2D eigenvalue weighted by Crippen LogP contribution is 2.32. The maximum absolute atomic E-state index is 12.8. The van der Waals surface area contributed by atoms with Crippen molar-refractivity contribution < 1.29 is 19.1 Å². The fourth-order valence-electron chi connectivity index (χ4n) is 3.32. The number of methoxy groups -OCH3 is 1. The number of H-pyrrole nitrogens is 1. The number of fused-ring (bicyclic) bond motifs is 2. The average Bonchev–Trinajstić information content (AvgIpc) is 3.15. The number of carbonyl (C=O) groups is 3. The zero-order chi connectivity index (χ0) is 20.4. The molecule has 0 saturated carbocycles. The minimum absolute atomic E-state index is 0.105. The number of aromatic amines is 1. The van der Waals surface area contributed by atoms with Gasteiger partial charge in [-0.2, -0.15) is 0 Å². The summed E-state index contributed by atoms with van der Waals surface area (Å²) in [4.78, 5) is 40.8. The van der Waals surface area contributed by atoms with Crippen molar-refractivity contribution >= 4 is 46.1 Å². The first-order valence-corrected chi connectivity index (χ1v) is 10.0. The molecule has 2 heterocycles. The van der Waals surface area contributed by atoms with Crippen LogP contribution in [-0.4, -0.2) is 41.7 Å². The van der Waals surface area contributed by atoms with E-state index in [-0.39, 0.29) is 5.91 Å². The Morgan fingerprint density at radius 1 is 1.24 bits per heavy atom. The molecule has 148 valence electrons. The Morgan fingerprint density at radius 2 is 2.07 bits per heavy atom. The van der Waals surface area contributed by atoms with Crippen LogP contribution in [0.3, 0.4) is 0 Å². The van der Waals surface area contributed by atoms with Crippen LogP contribution in [0.25, 0.3) is 10.9 Å². The van der Waals surface area contributed by atoms with E-state index in [9.17, 15) is 14.4 Å². The van der Waals surface area contributed by atoms with Gasteiger partial charge in [0.15, 0.2) is 0 Å². The van der Waals surface area contributed by atoms with Gasteiger partial charge in [0.25, 0.3) is 5.91 Å². The minimum atomic E-state index is -0.841. The highest BCUT2D eigenvalue weighted by Gasteiger charge is 2.25. The summed E-state index contributed by atoms with van der Waals surface area (Å²) in [6.45, 7) is 0. The third kappa shape index (κ3) is 3.97. The lowest BCUT2D eigenvalue weighted by Gasteiger charge is -2.19. The summed E-state index contributed by atoms with van der Waals surface area (Å²) in [6.07, 6.45) is 2.12. The largest absolute Gasteiger partial charge is 0.467 e. The number of para-hydroxylation sites is 1. The predicted molar refractivity (Wildman–Crippen MR) is 111 cm³/mol. The van der Waals surface area contributed by atoms with Crippen LogP contribution in [0.5, 0.6) is 0 Å². The molecule has 7 nitrogen and oxygen atoms in total. The Morgan fingerprint density at radius 3 is 2.90 bits per heavy atom. The summed E-state index contributed by atoms with van der Waals surface area (Å²) < 4.78 is 4.89. The lowest BCUT2D eigenvalue weighted by atomic mass is 10.0. The molecule has 0 fully saturated rings. The van der Waals surface area contributed by atoms with E-state index >= 15 is 0 Å². The normalized spacial score (nSPS) is 14.0. The third-order valence-electron chi connectivity index (χ3n) is 4.76. The van der Waals surface area contributed by atoms with Gasteiger partial charge in [0, 0.05) is 34.0 Å². The fraction of sp³-hybridized carbons (Fsp3) is 0.190. The molecule has 0 spiro atoms. The van der Waals surface area contributed by atoms with Gasteiger partial charge in [-0.15, -0.1) is 11.8 Å². The molecule has 4 rings (SSSR count). The maximum atomic E-state index is 12.8. The van der Waals surface area contributed by atoms with Crippen LogP contribution in [0.4, 0.5) is 5.69 Å². The number of benzene rings is 2. The van der Waals surface area contributed by atoms with Crippen LogP contribution in [0, 0.1) is 0 Å². The number of thioether (sulfide) groups is 1. The third-order valence-corrected chi connectivity index (χ3v) is 5.84. The first-order chi connectivity index (χ1) is 14.0. The van der Waals surface area contributed by atoms with Crippen LogP contribution in [0.2, 0.25) is 0 Å². The molecule has 29 heavy (non-hydrogen) atoms. The van der Waals surface area contributed by atoms with Crippen LogP contribution in [-0.2, 0) is 20.7 Å². The standard InChI is InChI=1S/C21H19N3O4S/c1-28-21(27)17(9-13-10-22-15-5-3-2-4-14(13)15)24-20(26)12-6-7-18-16(8-12)23-19(25)11-29-18/h2-8,10,17,22H,9,11H2,1H3,(H,23,25)(H,24,26)/t17-/m1/s1. The zero-order valence-corrected chi connectivity index (χ0v) is 16.5. The van der Waals surface area contributed by atoms with E-state index in [1.165, 1.54) is 18.9 Å². The Bertz CT molecular complexity index is 1110. The van der Waals surface area contributed by atoms with Gasteiger partial charge < -0.3 is 20.4 Å². The number of aromatic nitrogens is 1. The molecular formula is C21H19N3O4S. The van der Waals surface area contributed by atoms with Crippen LogP contribution >= 0.6 is 11.8 Å². The summed E-state index contributed by atoms with van der Waals surface area (Å²) in [5.41, 5.74) is 2.83. The number of ether oxygens (including phenoxy) is 1. The second-order valence-electron chi connectivity index (χ2n) is 6.66. The Kier molecular flexibility index (Phi) is 5.26. The van der Waals surface area contributed by atoms with E-state index < -0.39 is 17.9 Å². The summed E-state index contributed by atoms with van der Waals surface area (Å²) in [5.74, 6) is -0.682. The first kappa shape index (κ1) is 19.1. The molecule has 0 bridgehead atoms. The second-order valence-corrected chi connectivity index (χ2v) is 7.68. The van der Waals surface area contributed by atoms with E-state index in [1.54, 1.807) is 18.2 Å². The van der Waals surface area contributed by atoms with Gasteiger partial charge >= 0.3 is 5.97 Å². The summed E-state index contributed by atoms with van der Waals surface area (Å²) in [7, 11) is 1.29. The highest BCUT2D eigenvalue weighted by molar-refractivity contribution is 8.00. The van der Waals surface area contributed by atoms with Gasteiger partial charge in [0.1, 0.15) is 6.04 Å². The van der Waals surface area contributed by atoms with Crippen molar-refractivity contribution in [2.24, 2.45) is 0 Å². The highest BCUT2D eigenvalue weighted by atomic mass is 32.2. The molecule has 0 saturated heterocycles. The topological polar surface area (TPSA) is 100 Å². The van der Waals surface area contributed by atoms with Crippen molar-refractivity contribution in [1.29, 1.82) is 0 Å². The number of amides is 2. The van der Waals surface area contributed by atoms with E-state index in [1.807, 2.05) is 30.5 Å². The molecule has 1 aliphatic rings. The second kappa shape index (κ2) is 8.00. The molecule has 8 heteroatoms. The first-order valence-electron chi connectivity index (χ1n) is 9.05. The molecule has 1 aromatic heterocycles. The lowest BCUT2D eigenvalue weighted by molar-refractivity contribution is -0.142. The number of rotatable bonds is 5. The molecule has 0 aliphatic carbocycles. The molecule has 1 aliphatic heterocycles. The summed E-state index contributed by atoms with van der Waals surface area (Å²) in [5, 5.41) is 6.51. The average molecular weight is 409 g/mol. The molecule has 3 aromatic rings. The number of anilines is 1. The predicted octanol–water partition coefficient (Wildman–Crippen LogP) is 2.73. The zero-order valence-electron chi connectivity index (χ0n) is 15.7. The SMILES string of the molecule is COC(=O)[C@@H](Cc1c[nH]c2ccccc12)NC(=O)c1ccc2c(c1)NC(=O)CS2. The van der Waals surface area contributed by atoms with Crippen LogP contribution in [0.15, 0.2) is 53.6 Å². The fourth-order valence-corrected chi connectivity index (χ4v) is 4.11. The number of nitrogens with one attached hydrogen (secondary N) is 3. The number of carbonyl (C=O) groups excluding carboxylic acids is 3. The summed E-state index contributed by atoms with van der Waals surface area (Å²) >= 11 is 1.42. The van der Waals surface area contributed by atoms with Gasteiger partial charge in [-0.25, -0.2) is 4.79 Å². The molecule has 2 amide bonds. The molecular weight excluding hydrogens is 390 g/mol. The van der Waals surface area contributed by atoms with Gasteiger partial charge in [-0.05, 0) is 29.8 Å². The molecule has 2 aromatic carbocycles. The molecule has 3 N–H and O–H groups in total. The quantitative estimate of drug-likeness (QED) is 0.563. The van der Waals surface area contributed by atoms with Gasteiger partial charge in [0.05, 0.1) is 18.6 Å². The van der Waals surface area contributed by atoms with Crippen molar-refractivity contribution in [2.45, 2.75) is 17.4 Å². The number of hydrogen-bond acceptors (Lipinski definition) is 5. The Labute approximate surface area is 171 Å². The van der Waals surface area contributed by atoms with E-state index in [4.69, 9.17) is 4.74 Å². The van der Waals surface area contributed by atoms with Gasteiger partial charge in [-0.3, -0.25) is 9.59 Å². The van der Waals surface area contributed by atoms with Crippen molar-refractivity contribution in [3.63, 3.8) is 0 Å². The van der Waals surface area contributed by atoms with E-state index in [0.717, 1.165) is 21.4 Å². The van der Waals surface area contributed by atoms with Crippen LogP contribution < -0.4 is 10.6 Å². The Balaban J connectivity index is 1.55. The minimum Gasteiger partial charge on any atom is -0.467 e. The number of esters is 1. The van der Waals surface area contributed by atoms with Crippen molar-refractivity contribution in [3.8, 4) is 0 Å². The van der Waals surface area contributed by atoms with E-state index in [0.29, 0.717) is 23.4 Å². The Hall–Kier alpha value is -3.26. The molecule has 0 unspecified atom stereocenters. The maximum Gasteiger partial charge on any atom is 0.328 e. The number of hydrogen-bond donors (Lipinski definition) is 3. The van der Waals surface area contributed by atoms with Crippen molar-refractivity contribution in [3.05, 3.63) is 59.8 Å². The monoisotopic (exact) mass is 409 g/mol. The smallest absolute Gasteiger partial charge is 0.328 e. The molecule has 1 atom stereocenters. The lowest BCUT2D eigenvalue weighted by Crippen LogP contribution is -2.43. The van der Waals surface area contributed by atoms with E-state index in [2.05, 4.69) is 15.6 Å². The van der Waals surface area contributed by atoms with Gasteiger partial charge in [0.2, 0.25) is 5.91 Å². The molecule has 0 radical (unpaired) electrons. The van der Waals surface area contributed by atoms with Gasteiger partial charge in [-0.1, -0.05) is 18.2 Å². The van der Waals surface area contributed by atoms with Crippen LogP contribution in [0.1, 0.15) is 15.9 Å². The van der Waals surface area contributed by atoms with Crippen molar-refractivity contribution in [2.75, 3.05) is 18.2 Å². The van der Waals surface area contributed by atoms with Crippen molar-refractivity contribution in [1.82, 2.24) is 10.3 Å².